The van der Waals surface area contributed by atoms with Crippen molar-refractivity contribution in [2.45, 2.75) is 32.1 Å². The molecule has 0 radical (unpaired) electrons. The SMILES string of the molecule is COc1ccc(C[C@@H]2CCC[C@@H](Cc3ccc(OC)c(OC)c3)C2=O)cc1OC. The van der Waals surface area contributed by atoms with Crippen LogP contribution in [0.2, 0.25) is 0 Å². The number of hydrogen-bond donors (Lipinski definition) is 0. The molecule has 5 heteroatoms. The second-order valence-corrected chi connectivity index (χ2v) is 7.51. The summed E-state index contributed by atoms with van der Waals surface area (Å²) in [6.07, 6.45) is 4.43. The minimum atomic E-state index is 0.0481. The van der Waals surface area contributed by atoms with Gasteiger partial charge in [-0.25, -0.2) is 0 Å². The summed E-state index contributed by atoms with van der Waals surface area (Å²) in [5.74, 6) is 3.28. The molecular weight excluding hydrogens is 368 g/mol. The lowest BCUT2D eigenvalue weighted by Crippen LogP contribution is -2.31. The van der Waals surface area contributed by atoms with Crippen molar-refractivity contribution in [2.24, 2.45) is 11.8 Å². The summed E-state index contributed by atoms with van der Waals surface area (Å²) in [5, 5.41) is 0. The average Bonchev–Trinajstić information content (AvgIpc) is 2.76. The van der Waals surface area contributed by atoms with Crippen molar-refractivity contribution >= 4 is 5.78 Å². The smallest absolute Gasteiger partial charge is 0.160 e. The Balaban J connectivity index is 1.70. The fourth-order valence-electron chi connectivity index (χ4n) is 4.22. The van der Waals surface area contributed by atoms with Gasteiger partial charge in [0.15, 0.2) is 23.0 Å². The molecule has 0 aromatic heterocycles. The van der Waals surface area contributed by atoms with Crippen LogP contribution in [0.25, 0.3) is 0 Å². The number of Topliss-reactive ketones (excluding diaryl/α,β-unsaturated/α-hetero) is 1. The van der Waals surface area contributed by atoms with Crippen LogP contribution in [0.4, 0.5) is 0 Å². The summed E-state index contributed by atoms with van der Waals surface area (Å²) in [6, 6.07) is 11.8. The molecule has 2 aromatic rings. The summed E-state index contributed by atoms with van der Waals surface area (Å²) >= 11 is 0. The van der Waals surface area contributed by atoms with E-state index < -0.39 is 0 Å². The molecular formula is C24H30O5. The molecule has 1 aliphatic carbocycles. The van der Waals surface area contributed by atoms with Crippen LogP contribution in [0.1, 0.15) is 30.4 Å². The van der Waals surface area contributed by atoms with Crippen LogP contribution < -0.4 is 18.9 Å². The van der Waals surface area contributed by atoms with Gasteiger partial charge in [0.05, 0.1) is 28.4 Å². The van der Waals surface area contributed by atoms with Crippen LogP contribution in [-0.2, 0) is 17.6 Å². The second-order valence-electron chi connectivity index (χ2n) is 7.51. The van der Waals surface area contributed by atoms with E-state index >= 15 is 0 Å². The fraction of sp³-hybridized carbons (Fsp3) is 0.458. The molecule has 0 N–H and O–H groups in total. The zero-order valence-electron chi connectivity index (χ0n) is 17.7. The van der Waals surface area contributed by atoms with Crippen LogP contribution in [0.3, 0.4) is 0 Å². The summed E-state index contributed by atoms with van der Waals surface area (Å²) < 4.78 is 21.4. The van der Waals surface area contributed by atoms with E-state index in [2.05, 4.69) is 0 Å². The molecule has 3 rings (SSSR count). The summed E-state index contributed by atoms with van der Waals surface area (Å²) in [6.45, 7) is 0. The molecule has 1 aliphatic rings. The first-order chi connectivity index (χ1) is 14.1. The van der Waals surface area contributed by atoms with E-state index in [9.17, 15) is 4.79 Å². The molecule has 5 nitrogen and oxygen atoms in total. The number of hydrogen-bond acceptors (Lipinski definition) is 5. The van der Waals surface area contributed by atoms with Gasteiger partial charge in [-0.15, -0.1) is 0 Å². The molecule has 0 amide bonds. The van der Waals surface area contributed by atoms with Gasteiger partial charge in [0.2, 0.25) is 0 Å². The third-order valence-electron chi connectivity index (χ3n) is 5.77. The first-order valence-corrected chi connectivity index (χ1v) is 10.0. The highest BCUT2D eigenvalue weighted by Crippen LogP contribution is 2.35. The Bertz CT molecular complexity index is 778. The Morgan fingerprint density at radius 1 is 0.690 bits per heavy atom. The maximum Gasteiger partial charge on any atom is 0.160 e. The van der Waals surface area contributed by atoms with E-state index in [4.69, 9.17) is 18.9 Å². The van der Waals surface area contributed by atoms with Crippen molar-refractivity contribution in [1.29, 1.82) is 0 Å². The van der Waals surface area contributed by atoms with E-state index in [0.717, 1.165) is 43.2 Å². The van der Waals surface area contributed by atoms with E-state index in [0.29, 0.717) is 28.8 Å². The Morgan fingerprint density at radius 2 is 1.10 bits per heavy atom. The Kier molecular flexibility index (Phi) is 7.02. The van der Waals surface area contributed by atoms with Gasteiger partial charge < -0.3 is 18.9 Å². The number of carbonyl (C=O) groups is 1. The normalized spacial score (nSPS) is 19.0. The Morgan fingerprint density at radius 3 is 1.48 bits per heavy atom. The van der Waals surface area contributed by atoms with Crippen LogP contribution in [0.5, 0.6) is 23.0 Å². The zero-order valence-corrected chi connectivity index (χ0v) is 17.7. The molecule has 29 heavy (non-hydrogen) atoms. The van der Waals surface area contributed by atoms with Crippen LogP contribution in [-0.4, -0.2) is 34.2 Å². The molecule has 0 heterocycles. The van der Waals surface area contributed by atoms with Crippen LogP contribution in [0, 0.1) is 11.8 Å². The quantitative estimate of drug-likeness (QED) is 0.656. The predicted molar refractivity (Wildman–Crippen MR) is 112 cm³/mol. The number of methoxy groups -OCH3 is 4. The Labute approximate surface area is 172 Å². The standard InChI is InChI=1S/C24H30O5/c1-26-20-10-8-16(14-22(20)28-3)12-18-6-5-7-19(24(18)25)13-17-9-11-21(27-2)23(15-17)29-4/h8-11,14-15,18-19H,5-7,12-13H2,1-4H3/t18-,19-/m0/s1. The molecule has 0 aliphatic heterocycles. The maximum absolute atomic E-state index is 13.2. The topological polar surface area (TPSA) is 54.0 Å². The summed E-state index contributed by atoms with van der Waals surface area (Å²) in [5.41, 5.74) is 2.21. The van der Waals surface area contributed by atoms with Crippen LogP contribution >= 0.6 is 0 Å². The summed E-state index contributed by atoms with van der Waals surface area (Å²) in [7, 11) is 6.51. The maximum atomic E-state index is 13.2. The highest BCUT2D eigenvalue weighted by molar-refractivity contribution is 5.84. The van der Waals surface area contributed by atoms with Crippen LogP contribution in [0.15, 0.2) is 36.4 Å². The first kappa shape index (κ1) is 21.0. The van der Waals surface area contributed by atoms with E-state index in [-0.39, 0.29) is 11.8 Å². The molecule has 156 valence electrons. The lowest BCUT2D eigenvalue weighted by molar-refractivity contribution is -0.129. The third-order valence-corrected chi connectivity index (χ3v) is 5.77. The van der Waals surface area contributed by atoms with Crippen molar-refractivity contribution in [3.05, 3.63) is 47.5 Å². The molecule has 1 fully saturated rings. The van der Waals surface area contributed by atoms with Crippen molar-refractivity contribution < 1.29 is 23.7 Å². The van der Waals surface area contributed by atoms with Gasteiger partial charge in [-0.3, -0.25) is 4.79 Å². The number of ether oxygens (including phenoxy) is 4. The third kappa shape index (κ3) is 4.84. The van der Waals surface area contributed by atoms with E-state index in [1.54, 1.807) is 28.4 Å². The predicted octanol–water partition coefficient (Wildman–Crippen LogP) is 4.49. The van der Waals surface area contributed by atoms with Gasteiger partial charge in [-0.1, -0.05) is 18.6 Å². The minimum Gasteiger partial charge on any atom is -0.493 e. The highest BCUT2D eigenvalue weighted by Gasteiger charge is 2.31. The highest BCUT2D eigenvalue weighted by atomic mass is 16.5. The number of ketones is 1. The molecule has 0 saturated heterocycles. The first-order valence-electron chi connectivity index (χ1n) is 10.0. The lowest BCUT2D eigenvalue weighted by Gasteiger charge is -2.28. The van der Waals surface area contributed by atoms with Crippen molar-refractivity contribution in [3.63, 3.8) is 0 Å². The minimum absolute atomic E-state index is 0.0481. The number of benzene rings is 2. The van der Waals surface area contributed by atoms with Gasteiger partial charge >= 0.3 is 0 Å². The van der Waals surface area contributed by atoms with E-state index in [1.807, 2.05) is 36.4 Å². The largest absolute Gasteiger partial charge is 0.493 e. The average molecular weight is 398 g/mol. The zero-order chi connectivity index (χ0) is 20.8. The monoisotopic (exact) mass is 398 g/mol. The van der Waals surface area contributed by atoms with Crippen molar-refractivity contribution in [3.8, 4) is 23.0 Å². The second kappa shape index (κ2) is 9.68. The van der Waals surface area contributed by atoms with Gasteiger partial charge in [0.25, 0.3) is 0 Å². The lowest BCUT2D eigenvalue weighted by atomic mass is 9.75. The fourth-order valence-corrected chi connectivity index (χ4v) is 4.22. The number of carbonyl (C=O) groups excluding carboxylic acids is 1. The summed E-state index contributed by atoms with van der Waals surface area (Å²) in [4.78, 5) is 13.2. The molecule has 0 unspecified atom stereocenters. The van der Waals surface area contributed by atoms with Gasteiger partial charge in [-0.2, -0.15) is 0 Å². The van der Waals surface area contributed by atoms with Gasteiger partial charge in [-0.05, 0) is 61.1 Å². The molecule has 2 atom stereocenters. The molecule has 0 spiro atoms. The molecule has 2 aromatic carbocycles. The van der Waals surface area contributed by atoms with Gasteiger partial charge in [0.1, 0.15) is 5.78 Å². The molecule has 1 saturated carbocycles. The molecule has 0 bridgehead atoms. The van der Waals surface area contributed by atoms with Crippen molar-refractivity contribution in [1.82, 2.24) is 0 Å². The Hall–Kier alpha value is -2.69. The number of rotatable bonds is 8. The van der Waals surface area contributed by atoms with Crippen molar-refractivity contribution in [2.75, 3.05) is 28.4 Å². The van der Waals surface area contributed by atoms with Gasteiger partial charge in [0, 0.05) is 11.8 Å². The van der Waals surface area contributed by atoms with E-state index in [1.165, 1.54) is 0 Å².